The van der Waals surface area contributed by atoms with Crippen molar-refractivity contribution in [2.24, 2.45) is 0 Å². The van der Waals surface area contributed by atoms with E-state index in [9.17, 15) is 4.39 Å². The molecule has 0 atom stereocenters. The number of hydrogen-bond donors (Lipinski definition) is 0. The van der Waals surface area contributed by atoms with Crippen LogP contribution in [0.15, 0.2) is 35.2 Å². The Labute approximate surface area is 82.3 Å². The molecule has 2 heterocycles. The van der Waals surface area contributed by atoms with Crippen LogP contribution < -0.4 is 0 Å². The van der Waals surface area contributed by atoms with Gasteiger partial charge in [-0.15, -0.1) is 0 Å². The predicted octanol–water partition coefficient (Wildman–Crippen LogP) is 2.17. The first-order valence-electron chi connectivity index (χ1n) is 3.58. The van der Waals surface area contributed by atoms with E-state index in [1.54, 1.807) is 12.4 Å². The molecule has 0 aliphatic heterocycles. The zero-order valence-corrected chi connectivity index (χ0v) is 8.07. The maximum Gasteiger partial charge on any atom is 0.189 e. The van der Waals surface area contributed by atoms with Gasteiger partial charge >= 0.3 is 0 Å². The van der Waals surface area contributed by atoms with E-state index in [0.717, 1.165) is 4.47 Å². The quantitative estimate of drug-likeness (QED) is 0.767. The molecule has 3 nitrogen and oxygen atoms in total. The molecule has 0 aliphatic rings. The van der Waals surface area contributed by atoms with Crippen molar-refractivity contribution >= 4 is 15.9 Å². The van der Waals surface area contributed by atoms with Crippen LogP contribution in [0, 0.1) is 5.82 Å². The monoisotopic (exact) mass is 241 g/mol. The molecule has 0 saturated heterocycles. The highest BCUT2D eigenvalue weighted by molar-refractivity contribution is 9.10. The predicted molar refractivity (Wildman–Crippen MR) is 49.0 cm³/mol. The molecule has 0 fully saturated rings. The van der Waals surface area contributed by atoms with Crippen LogP contribution in [-0.4, -0.2) is 14.8 Å². The van der Waals surface area contributed by atoms with Crippen LogP contribution in [0.5, 0.6) is 0 Å². The molecule has 66 valence electrons. The number of halogens is 2. The fourth-order valence-electron chi connectivity index (χ4n) is 0.963. The first-order chi connectivity index (χ1) is 6.27. The summed E-state index contributed by atoms with van der Waals surface area (Å²) in [7, 11) is 0. The van der Waals surface area contributed by atoms with E-state index in [1.807, 2.05) is 0 Å². The van der Waals surface area contributed by atoms with Gasteiger partial charge in [-0.2, -0.15) is 5.10 Å². The third-order valence-electron chi connectivity index (χ3n) is 1.51. The minimum atomic E-state index is -0.391. The Hall–Kier alpha value is -1.23. The fourth-order valence-corrected chi connectivity index (χ4v) is 1.25. The normalized spacial score (nSPS) is 10.3. The molecule has 0 aromatic carbocycles. The fraction of sp³-hybridized carbons (Fsp3) is 0. The van der Waals surface area contributed by atoms with E-state index in [0.29, 0.717) is 0 Å². The van der Waals surface area contributed by atoms with Crippen LogP contribution in [0.2, 0.25) is 0 Å². The summed E-state index contributed by atoms with van der Waals surface area (Å²) >= 11 is 3.22. The highest BCUT2D eigenvalue weighted by Crippen LogP contribution is 2.12. The summed E-state index contributed by atoms with van der Waals surface area (Å²) in [5, 5.41) is 3.91. The summed E-state index contributed by atoms with van der Waals surface area (Å²) in [5.74, 6) is -0.189. The molecular formula is C8H5BrFN3. The van der Waals surface area contributed by atoms with Crippen molar-refractivity contribution in [1.82, 2.24) is 14.8 Å². The van der Waals surface area contributed by atoms with Crippen LogP contribution in [0.25, 0.3) is 5.82 Å². The lowest BCUT2D eigenvalue weighted by Gasteiger charge is -1.99. The van der Waals surface area contributed by atoms with Gasteiger partial charge < -0.3 is 0 Å². The second-order valence-electron chi connectivity index (χ2n) is 2.41. The average molecular weight is 242 g/mol. The van der Waals surface area contributed by atoms with Crippen molar-refractivity contribution in [2.75, 3.05) is 0 Å². The van der Waals surface area contributed by atoms with Crippen molar-refractivity contribution in [3.8, 4) is 5.82 Å². The number of aromatic nitrogens is 3. The van der Waals surface area contributed by atoms with Crippen molar-refractivity contribution in [1.29, 1.82) is 0 Å². The molecule has 2 aromatic rings. The molecule has 0 saturated carbocycles. The third-order valence-corrected chi connectivity index (χ3v) is 1.92. The van der Waals surface area contributed by atoms with Crippen molar-refractivity contribution < 1.29 is 4.39 Å². The van der Waals surface area contributed by atoms with Crippen molar-refractivity contribution in [3.63, 3.8) is 0 Å². The number of hydrogen-bond acceptors (Lipinski definition) is 2. The van der Waals surface area contributed by atoms with Gasteiger partial charge in [0, 0.05) is 12.4 Å². The summed E-state index contributed by atoms with van der Waals surface area (Å²) < 4.78 is 15.3. The summed E-state index contributed by atoms with van der Waals surface area (Å²) in [6, 6.07) is 2.88. The first-order valence-corrected chi connectivity index (χ1v) is 4.38. The van der Waals surface area contributed by atoms with Gasteiger partial charge in [-0.25, -0.2) is 14.1 Å². The minimum absolute atomic E-state index is 0.202. The highest BCUT2D eigenvalue weighted by Gasteiger charge is 2.05. The largest absolute Gasteiger partial charge is 0.235 e. The Kier molecular flexibility index (Phi) is 2.10. The number of rotatable bonds is 1. The maximum absolute atomic E-state index is 13.1. The van der Waals surface area contributed by atoms with Gasteiger partial charge in [-0.05, 0) is 28.1 Å². The Morgan fingerprint density at radius 1 is 1.46 bits per heavy atom. The van der Waals surface area contributed by atoms with E-state index in [2.05, 4.69) is 26.0 Å². The number of pyridine rings is 1. The zero-order chi connectivity index (χ0) is 9.26. The highest BCUT2D eigenvalue weighted by atomic mass is 79.9. The zero-order valence-electron chi connectivity index (χ0n) is 6.48. The van der Waals surface area contributed by atoms with Gasteiger partial charge in [0.1, 0.15) is 0 Å². The van der Waals surface area contributed by atoms with E-state index in [4.69, 9.17) is 0 Å². The molecule has 0 spiro atoms. The Bertz CT molecular complexity index is 427. The van der Waals surface area contributed by atoms with E-state index >= 15 is 0 Å². The summed E-state index contributed by atoms with van der Waals surface area (Å²) in [5.41, 5.74) is 0. The van der Waals surface area contributed by atoms with Gasteiger partial charge in [-0.3, -0.25) is 0 Å². The summed E-state index contributed by atoms with van der Waals surface area (Å²) in [6.07, 6.45) is 4.74. The molecule has 0 bridgehead atoms. The van der Waals surface area contributed by atoms with Crippen LogP contribution in [0.1, 0.15) is 0 Å². The Morgan fingerprint density at radius 3 is 2.92 bits per heavy atom. The van der Waals surface area contributed by atoms with Gasteiger partial charge in [0.2, 0.25) is 0 Å². The van der Waals surface area contributed by atoms with Gasteiger partial charge in [0.15, 0.2) is 11.6 Å². The summed E-state index contributed by atoms with van der Waals surface area (Å²) in [4.78, 5) is 3.87. The average Bonchev–Trinajstić information content (AvgIpc) is 2.53. The topological polar surface area (TPSA) is 30.7 Å². The second-order valence-corrected chi connectivity index (χ2v) is 3.33. The molecule has 2 aromatic heterocycles. The molecular weight excluding hydrogens is 237 g/mol. The lowest BCUT2D eigenvalue weighted by Crippen LogP contribution is -2.00. The standard InChI is InChI=1S/C8H5BrFN3/c9-6-4-12-13(5-6)8-7(10)2-1-3-11-8/h1-5H. The van der Waals surface area contributed by atoms with E-state index in [-0.39, 0.29) is 5.82 Å². The van der Waals surface area contributed by atoms with Crippen LogP contribution >= 0.6 is 15.9 Å². The van der Waals surface area contributed by atoms with Gasteiger partial charge in [0.25, 0.3) is 0 Å². The molecule has 2 rings (SSSR count). The second kappa shape index (κ2) is 3.26. The molecule has 0 radical (unpaired) electrons. The van der Waals surface area contributed by atoms with Crippen LogP contribution in [-0.2, 0) is 0 Å². The lowest BCUT2D eigenvalue weighted by atomic mass is 10.4. The van der Waals surface area contributed by atoms with Gasteiger partial charge in [-0.1, -0.05) is 0 Å². The van der Waals surface area contributed by atoms with Crippen LogP contribution in [0.3, 0.4) is 0 Å². The Morgan fingerprint density at radius 2 is 2.31 bits per heavy atom. The minimum Gasteiger partial charge on any atom is -0.235 e. The van der Waals surface area contributed by atoms with E-state index < -0.39 is 5.82 Å². The lowest BCUT2D eigenvalue weighted by molar-refractivity contribution is 0.600. The Balaban J connectivity index is 2.52. The first kappa shape index (κ1) is 8.37. The third kappa shape index (κ3) is 1.60. The maximum atomic E-state index is 13.1. The van der Waals surface area contributed by atoms with Crippen molar-refractivity contribution in [3.05, 3.63) is 41.0 Å². The number of nitrogens with zero attached hydrogens (tertiary/aromatic N) is 3. The molecule has 5 heteroatoms. The van der Waals surface area contributed by atoms with E-state index in [1.165, 1.54) is 23.0 Å². The molecule has 0 aliphatic carbocycles. The molecule has 13 heavy (non-hydrogen) atoms. The smallest absolute Gasteiger partial charge is 0.189 e. The molecule has 0 N–H and O–H groups in total. The molecule has 0 unspecified atom stereocenters. The van der Waals surface area contributed by atoms with Crippen molar-refractivity contribution in [2.45, 2.75) is 0 Å². The summed E-state index contributed by atoms with van der Waals surface area (Å²) in [6.45, 7) is 0. The van der Waals surface area contributed by atoms with Crippen LogP contribution in [0.4, 0.5) is 4.39 Å². The van der Waals surface area contributed by atoms with Gasteiger partial charge in [0.05, 0.1) is 10.7 Å². The SMILES string of the molecule is Fc1cccnc1-n1cc(Br)cn1. The molecule has 0 amide bonds.